The number of para-hydroxylation sites is 1. The van der Waals surface area contributed by atoms with Gasteiger partial charge in [0.05, 0.1) is 22.9 Å². The number of ketones is 2. The summed E-state index contributed by atoms with van der Waals surface area (Å²) in [6.07, 6.45) is 1.99. The number of benzene rings is 3. The number of nitro groups is 1. The number of carbonyl (C=O) groups excluding carboxylic acids is 3. The van der Waals surface area contributed by atoms with E-state index in [1.165, 1.54) is 31.2 Å². The van der Waals surface area contributed by atoms with Crippen molar-refractivity contribution in [3.8, 4) is 0 Å². The lowest BCUT2D eigenvalue weighted by molar-refractivity contribution is -0.384. The number of non-ortho nitro benzene ring substituents is 1. The van der Waals surface area contributed by atoms with E-state index in [2.05, 4.69) is 5.32 Å². The van der Waals surface area contributed by atoms with E-state index in [-0.39, 0.29) is 22.9 Å². The molecule has 4 atom stereocenters. The van der Waals surface area contributed by atoms with Gasteiger partial charge in [0.25, 0.3) is 5.69 Å². The molecule has 0 radical (unpaired) electrons. The van der Waals surface area contributed by atoms with E-state index >= 15 is 0 Å². The van der Waals surface area contributed by atoms with E-state index in [1.54, 1.807) is 6.07 Å². The van der Waals surface area contributed by atoms with Gasteiger partial charge in [0.1, 0.15) is 5.41 Å². The van der Waals surface area contributed by atoms with Crippen LogP contribution < -0.4 is 10.2 Å². The van der Waals surface area contributed by atoms with Gasteiger partial charge in [-0.05, 0) is 50.1 Å². The van der Waals surface area contributed by atoms with Crippen molar-refractivity contribution in [1.29, 1.82) is 0 Å². The van der Waals surface area contributed by atoms with Crippen LogP contribution in [-0.2, 0) is 15.0 Å². The van der Waals surface area contributed by atoms with Gasteiger partial charge in [0, 0.05) is 34.6 Å². The van der Waals surface area contributed by atoms with Crippen molar-refractivity contribution < 1.29 is 19.3 Å². The Morgan fingerprint density at radius 3 is 2.53 bits per heavy atom. The van der Waals surface area contributed by atoms with Gasteiger partial charge >= 0.3 is 0 Å². The molecule has 1 amide bonds. The Morgan fingerprint density at radius 1 is 1.03 bits per heavy atom. The predicted octanol–water partition coefficient (Wildman–Crippen LogP) is 4.86. The summed E-state index contributed by atoms with van der Waals surface area (Å²) in [5.74, 6) is -2.21. The molecule has 0 unspecified atom stereocenters. The molecule has 1 N–H and O–H groups in total. The number of Topliss-reactive ketones (excluding diaryl/α,β-unsaturated/α-hetero) is 2. The lowest BCUT2D eigenvalue weighted by atomic mass is 9.64. The first-order chi connectivity index (χ1) is 18.2. The highest BCUT2D eigenvalue weighted by Crippen LogP contribution is 2.58. The molecule has 1 spiro atoms. The fraction of sp³-hybridized carbons (Fsp3) is 0.233. The number of nitrogens with one attached hydrogen (secondary N) is 1. The summed E-state index contributed by atoms with van der Waals surface area (Å²) in [5, 5.41) is 14.5. The number of nitrogens with zero attached hydrogens (tertiary/aromatic N) is 2. The van der Waals surface area contributed by atoms with Gasteiger partial charge < -0.3 is 10.2 Å². The summed E-state index contributed by atoms with van der Waals surface area (Å²) in [6.45, 7) is 5.40. The van der Waals surface area contributed by atoms with Crippen molar-refractivity contribution in [1.82, 2.24) is 0 Å². The van der Waals surface area contributed by atoms with Crippen molar-refractivity contribution in [3.63, 3.8) is 0 Å². The van der Waals surface area contributed by atoms with Crippen LogP contribution in [0.4, 0.5) is 17.1 Å². The Morgan fingerprint density at radius 2 is 1.79 bits per heavy atom. The van der Waals surface area contributed by atoms with Gasteiger partial charge in [-0.2, -0.15) is 0 Å². The van der Waals surface area contributed by atoms with Crippen LogP contribution >= 0.6 is 0 Å². The average Bonchev–Trinajstić information content (AvgIpc) is 3.36. The van der Waals surface area contributed by atoms with Crippen molar-refractivity contribution in [2.24, 2.45) is 5.92 Å². The maximum atomic E-state index is 14.4. The maximum Gasteiger partial charge on any atom is 0.270 e. The molecule has 190 valence electrons. The number of carbonyl (C=O) groups is 3. The molecule has 3 aromatic carbocycles. The smallest absolute Gasteiger partial charge is 0.270 e. The quantitative estimate of drug-likeness (QED) is 0.307. The molecule has 38 heavy (non-hydrogen) atoms. The van der Waals surface area contributed by atoms with Crippen LogP contribution in [0.25, 0.3) is 5.57 Å². The van der Waals surface area contributed by atoms with Crippen molar-refractivity contribution in [3.05, 3.63) is 105 Å². The van der Waals surface area contributed by atoms with Gasteiger partial charge in [-0.15, -0.1) is 0 Å². The molecule has 1 fully saturated rings. The molecule has 6 rings (SSSR count). The monoisotopic (exact) mass is 507 g/mol. The van der Waals surface area contributed by atoms with E-state index in [1.807, 2.05) is 61.2 Å². The largest absolute Gasteiger partial charge is 0.352 e. The van der Waals surface area contributed by atoms with Gasteiger partial charge in [-0.25, -0.2) is 0 Å². The standard InChI is InChI=1S/C30H25N3O5/c1-16-11-12-24-21(13-16)17(2)14-25-30(22-9-4-5-10-23(22)31-29(30)36)26(27(18(3)34)32(24)25)28(35)19-7-6-8-20(15-19)33(37)38/h4-15,25-27H,1-3H3,(H,31,36)/t25-,26-,27-,30-/m1/s1. The van der Waals surface area contributed by atoms with Gasteiger partial charge in [-0.1, -0.05) is 48.0 Å². The fourth-order valence-electron chi connectivity index (χ4n) is 6.65. The summed E-state index contributed by atoms with van der Waals surface area (Å²) in [6, 6.07) is 17.1. The summed E-state index contributed by atoms with van der Waals surface area (Å²) in [7, 11) is 0. The Kier molecular flexibility index (Phi) is 5.14. The van der Waals surface area contributed by atoms with E-state index in [4.69, 9.17) is 0 Å². The van der Waals surface area contributed by atoms with Crippen molar-refractivity contribution in [2.45, 2.75) is 38.3 Å². The molecule has 3 aromatic rings. The van der Waals surface area contributed by atoms with E-state index in [9.17, 15) is 24.5 Å². The second-order valence-electron chi connectivity index (χ2n) is 10.3. The molecule has 8 heteroatoms. The van der Waals surface area contributed by atoms with Crippen molar-refractivity contribution >= 4 is 40.1 Å². The highest BCUT2D eigenvalue weighted by Gasteiger charge is 2.70. The molecular formula is C30H25N3O5. The molecule has 0 aliphatic carbocycles. The lowest BCUT2D eigenvalue weighted by Gasteiger charge is -2.39. The third kappa shape index (κ3) is 3.06. The first kappa shape index (κ1) is 23.8. The van der Waals surface area contributed by atoms with Crippen LogP contribution in [0, 0.1) is 23.0 Å². The Balaban J connectivity index is 1.67. The minimum absolute atomic E-state index is 0.0942. The normalized spacial score (nSPS) is 24.8. The predicted molar refractivity (Wildman–Crippen MR) is 143 cm³/mol. The number of rotatable bonds is 4. The van der Waals surface area contributed by atoms with Crippen LogP contribution in [0.3, 0.4) is 0 Å². The minimum Gasteiger partial charge on any atom is -0.352 e. The SMILES string of the molecule is CC(=O)[C@@H]1[C@H](C(=O)c2cccc([N+](=O)[O-])c2)[C@]2(C(=O)Nc3ccccc32)[C@H]2C=C(C)c3cc(C)ccc3N12. The molecule has 0 saturated carbocycles. The maximum absolute atomic E-state index is 14.4. The fourth-order valence-corrected chi connectivity index (χ4v) is 6.65. The summed E-state index contributed by atoms with van der Waals surface area (Å²) < 4.78 is 0. The Bertz CT molecular complexity index is 1610. The summed E-state index contributed by atoms with van der Waals surface area (Å²) in [5.41, 5.74) is 3.42. The molecule has 3 heterocycles. The molecule has 3 aliphatic rings. The van der Waals surface area contributed by atoms with Gasteiger partial charge in [0.2, 0.25) is 5.91 Å². The first-order valence-corrected chi connectivity index (χ1v) is 12.4. The third-order valence-electron chi connectivity index (χ3n) is 8.17. The van der Waals surface area contributed by atoms with E-state index in [0.717, 1.165) is 22.4 Å². The van der Waals surface area contributed by atoms with Crippen LogP contribution in [0.5, 0.6) is 0 Å². The van der Waals surface area contributed by atoms with Crippen molar-refractivity contribution in [2.75, 3.05) is 10.2 Å². The zero-order valence-corrected chi connectivity index (χ0v) is 21.1. The highest BCUT2D eigenvalue weighted by molar-refractivity contribution is 6.17. The van der Waals surface area contributed by atoms with E-state index < -0.39 is 34.1 Å². The van der Waals surface area contributed by atoms with E-state index in [0.29, 0.717) is 11.3 Å². The third-order valence-corrected chi connectivity index (χ3v) is 8.17. The number of anilines is 2. The molecular weight excluding hydrogens is 482 g/mol. The Labute approximate surface area is 219 Å². The van der Waals surface area contributed by atoms with Crippen LogP contribution in [-0.4, -0.2) is 34.5 Å². The van der Waals surface area contributed by atoms with Gasteiger partial charge in [0.15, 0.2) is 11.6 Å². The molecule has 0 bridgehead atoms. The second-order valence-corrected chi connectivity index (χ2v) is 10.3. The van der Waals surface area contributed by atoms with Crippen LogP contribution in [0.15, 0.2) is 72.8 Å². The minimum atomic E-state index is -1.42. The zero-order valence-electron chi connectivity index (χ0n) is 21.1. The number of nitro benzene ring substituents is 1. The molecule has 3 aliphatic heterocycles. The number of hydrogen-bond acceptors (Lipinski definition) is 6. The highest BCUT2D eigenvalue weighted by atomic mass is 16.6. The molecule has 1 saturated heterocycles. The molecule has 0 aromatic heterocycles. The average molecular weight is 508 g/mol. The number of fused-ring (bicyclic) bond motifs is 6. The van der Waals surface area contributed by atoms with Crippen LogP contribution in [0.2, 0.25) is 0 Å². The number of amides is 1. The van der Waals surface area contributed by atoms with Crippen LogP contribution in [0.1, 0.15) is 40.9 Å². The number of allylic oxidation sites excluding steroid dienone is 1. The summed E-state index contributed by atoms with van der Waals surface area (Å²) >= 11 is 0. The molecule has 8 nitrogen and oxygen atoms in total. The number of aryl methyl sites for hydroxylation is 1. The first-order valence-electron chi connectivity index (χ1n) is 12.4. The van der Waals surface area contributed by atoms with Gasteiger partial charge in [-0.3, -0.25) is 24.5 Å². The second kappa shape index (κ2) is 8.21. The lowest BCUT2D eigenvalue weighted by Crippen LogP contribution is -2.51. The number of hydrogen-bond donors (Lipinski definition) is 1. The Hall–Kier alpha value is -4.59. The zero-order chi connectivity index (χ0) is 26.9. The topological polar surface area (TPSA) is 110 Å². The summed E-state index contributed by atoms with van der Waals surface area (Å²) in [4.78, 5) is 54.9.